The third kappa shape index (κ3) is 3.69. The summed E-state index contributed by atoms with van der Waals surface area (Å²) in [5.74, 6) is -3.34. The Kier molecular flexibility index (Phi) is 5.62. The van der Waals surface area contributed by atoms with Crippen LogP contribution in [0.15, 0.2) is 42.6 Å². The van der Waals surface area contributed by atoms with Crippen LogP contribution in [0.4, 0.5) is 13.2 Å². The van der Waals surface area contributed by atoms with Crippen molar-refractivity contribution in [2.24, 2.45) is 0 Å². The Labute approximate surface area is 159 Å². The second kappa shape index (κ2) is 7.95. The lowest BCUT2D eigenvalue weighted by Gasteiger charge is -2.17. The molecule has 0 spiro atoms. The Morgan fingerprint density at radius 2 is 1.82 bits per heavy atom. The van der Waals surface area contributed by atoms with Crippen LogP contribution in [0.1, 0.15) is 27.4 Å². The molecule has 0 aliphatic heterocycles. The monoisotopic (exact) mass is 389 g/mol. The average Bonchev–Trinajstić information content (AvgIpc) is 3.03. The van der Waals surface area contributed by atoms with Crippen LogP contribution in [0.5, 0.6) is 0 Å². The summed E-state index contributed by atoms with van der Waals surface area (Å²) >= 11 is 0. The van der Waals surface area contributed by atoms with Crippen molar-refractivity contribution >= 4 is 5.78 Å². The van der Waals surface area contributed by atoms with Gasteiger partial charge in [-0.25, -0.2) is 18.2 Å². The van der Waals surface area contributed by atoms with Gasteiger partial charge in [0.2, 0.25) is 5.78 Å². The predicted octanol–water partition coefficient (Wildman–Crippen LogP) is 3.07. The topological polar surface area (TPSA) is 58.4 Å². The molecule has 0 aliphatic rings. The molecule has 0 bridgehead atoms. The third-order valence-corrected chi connectivity index (χ3v) is 4.16. The van der Waals surface area contributed by atoms with Gasteiger partial charge in [-0.15, -0.1) is 0 Å². The summed E-state index contributed by atoms with van der Waals surface area (Å²) in [6, 6.07) is 6.44. The molecule has 0 atom stereocenters. The Hall–Kier alpha value is -2.97. The van der Waals surface area contributed by atoms with Crippen molar-refractivity contribution < 1.29 is 23.1 Å². The van der Waals surface area contributed by atoms with Crippen molar-refractivity contribution in [1.82, 2.24) is 14.5 Å². The third-order valence-electron chi connectivity index (χ3n) is 4.16. The highest BCUT2D eigenvalue weighted by Gasteiger charge is 2.24. The van der Waals surface area contributed by atoms with Gasteiger partial charge in [0.1, 0.15) is 23.3 Å². The number of aromatic nitrogens is 2. The molecule has 5 nitrogen and oxygen atoms in total. The number of rotatable bonds is 6. The summed E-state index contributed by atoms with van der Waals surface area (Å²) in [4.78, 5) is 19.0. The SMILES string of the molecule is CN(C)Cc1ncc(CO)n1-c1ccc(F)cc1C(=O)c1c(F)cccc1F. The minimum atomic E-state index is -1.04. The lowest BCUT2D eigenvalue weighted by atomic mass is 10.00. The van der Waals surface area contributed by atoms with Gasteiger partial charge in [0.05, 0.1) is 36.3 Å². The molecule has 8 heteroatoms. The van der Waals surface area contributed by atoms with Gasteiger partial charge in [0.15, 0.2) is 0 Å². The van der Waals surface area contributed by atoms with Gasteiger partial charge in [0, 0.05) is 5.56 Å². The van der Waals surface area contributed by atoms with Crippen molar-refractivity contribution in [3.8, 4) is 5.69 Å². The molecule has 0 unspecified atom stereocenters. The van der Waals surface area contributed by atoms with E-state index in [0.29, 0.717) is 18.1 Å². The first-order valence-corrected chi connectivity index (χ1v) is 8.43. The standard InChI is InChI=1S/C20H18F3N3O2/c1-25(2)10-18-24-9-13(11-27)26(18)17-7-6-12(21)8-14(17)20(28)19-15(22)4-3-5-16(19)23/h3-9,27H,10-11H2,1-2H3. The van der Waals surface area contributed by atoms with E-state index in [1.165, 1.54) is 16.8 Å². The maximum Gasteiger partial charge on any atom is 0.201 e. The van der Waals surface area contributed by atoms with Crippen molar-refractivity contribution in [3.63, 3.8) is 0 Å². The van der Waals surface area contributed by atoms with Crippen LogP contribution in [-0.2, 0) is 13.2 Å². The minimum absolute atomic E-state index is 0.174. The maximum atomic E-state index is 14.1. The first-order valence-electron chi connectivity index (χ1n) is 8.43. The van der Waals surface area contributed by atoms with E-state index in [-0.39, 0.29) is 17.9 Å². The summed E-state index contributed by atoms with van der Waals surface area (Å²) in [7, 11) is 3.62. The number of nitrogens with zero attached hydrogens (tertiary/aromatic N) is 3. The number of ketones is 1. The van der Waals surface area contributed by atoms with Crippen LogP contribution < -0.4 is 0 Å². The van der Waals surface area contributed by atoms with Crippen LogP contribution in [0, 0.1) is 17.5 Å². The fraction of sp³-hybridized carbons (Fsp3) is 0.200. The highest BCUT2D eigenvalue weighted by atomic mass is 19.1. The van der Waals surface area contributed by atoms with Crippen LogP contribution in [0.25, 0.3) is 5.69 Å². The lowest BCUT2D eigenvalue weighted by Crippen LogP contribution is -2.18. The number of halogens is 3. The molecular formula is C20H18F3N3O2. The molecule has 2 aromatic carbocycles. The van der Waals surface area contributed by atoms with E-state index in [0.717, 1.165) is 30.3 Å². The number of imidazole rings is 1. The summed E-state index contributed by atoms with van der Waals surface area (Å²) < 4.78 is 43.7. The van der Waals surface area contributed by atoms with Crippen LogP contribution >= 0.6 is 0 Å². The van der Waals surface area contributed by atoms with Crippen molar-refractivity contribution in [3.05, 3.63) is 82.7 Å². The van der Waals surface area contributed by atoms with Gasteiger partial charge in [-0.2, -0.15) is 0 Å². The van der Waals surface area contributed by atoms with E-state index >= 15 is 0 Å². The number of carbonyl (C=O) groups is 1. The van der Waals surface area contributed by atoms with Gasteiger partial charge < -0.3 is 10.0 Å². The minimum Gasteiger partial charge on any atom is -0.390 e. The Balaban J connectivity index is 2.24. The lowest BCUT2D eigenvalue weighted by molar-refractivity contribution is 0.103. The Morgan fingerprint density at radius 1 is 1.14 bits per heavy atom. The summed E-state index contributed by atoms with van der Waals surface area (Å²) in [5, 5.41) is 9.66. The highest BCUT2D eigenvalue weighted by molar-refractivity contribution is 6.11. The highest BCUT2D eigenvalue weighted by Crippen LogP contribution is 2.26. The van der Waals surface area contributed by atoms with Gasteiger partial charge in [-0.1, -0.05) is 6.07 Å². The number of aliphatic hydroxyl groups excluding tert-OH is 1. The number of benzene rings is 2. The molecule has 28 heavy (non-hydrogen) atoms. The normalized spacial score (nSPS) is 11.2. The smallest absolute Gasteiger partial charge is 0.201 e. The second-order valence-electron chi connectivity index (χ2n) is 6.48. The van der Waals surface area contributed by atoms with Gasteiger partial charge >= 0.3 is 0 Å². The molecule has 0 saturated carbocycles. The molecule has 0 radical (unpaired) electrons. The fourth-order valence-corrected chi connectivity index (χ4v) is 2.96. The van der Waals surface area contributed by atoms with Crippen molar-refractivity contribution in [2.45, 2.75) is 13.2 Å². The molecule has 0 aliphatic carbocycles. The van der Waals surface area contributed by atoms with E-state index in [1.807, 2.05) is 19.0 Å². The predicted molar refractivity (Wildman–Crippen MR) is 96.6 cm³/mol. The molecular weight excluding hydrogens is 371 g/mol. The molecule has 1 N–H and O–H groups in total. The first kappa shape index (κ1) is 19.8. The largest absolute Gasteiger partial charge is 0.390 e. The average molecular weight is 389 g/mol. The summed E-state index contributed by atoms with van der Waals surface area (Å²) in [6.45, 7) is -0.0292. The van der Waals surface area contributed by atoms with Gasteiger partial charge in [-0.3, -0.25) is 9.36 Å². The van der Waals surface area contributed by atoms with Crippen LogP contribution in [0.3, 0.4) is 0 Å². The zero-order chi connectivity index (χ0) is 20.4. The Morgan fingerprint density at radius 3 is 2.43 bits per heavy atom. The van der Waals surface area contributed by atoms with E-state index in [4.69, 9.17) is 0 Å². The Bertz CT molecular complexity index is 1010. The quantitative estimate of drug-likeness (QED) is 0.659. The maximum absolute atomic E-state index is 14.1. The number of hydrogen-bond acceptors (Lipinski definition) is 4. The molecule has 0 fully saturated rings. The number of carbonyl (C=O) groups excluding carboxylic acids is 1. The van der Waals surface area contributed by atoms with E-state index in [9.17, 15) is 23.1 Å². The molecule has 1 heterocycles. The fourth-order valence-electron chi connectivity index (χ4n) is 2.96. The second-order valence-corrected chi connectivity index (χ2v) is 6.48. The number of aliphatic hydroxyl groups is 1. The molecule has 3 aromatic rings. The molecule has 3 rings (SSSR count). The zero-order valence-corrected chi connectivity index (χ0v) is 15.3. The molecule has 0 saturated heterocycles. The zero-order valence-electron chi connectivity index (χ0n) is 15.3. The van der Waals surface area contributed by atoms with Crippen molar-refractivity contribution in [2.75, 3.05) is 14.1 Å². The summed E-state index contributed by atoms with van der Waals surface area (Å²) in [6.07, 6.45) is 1.43. The van der Waals surface area contributed by atoms with Crippen LogP contribution in [-0.4, -0.2) is 39.4 Å². The van der Waals surface area contributed by atoms with E-state index in [1.54, 1.807) is 0 Å². The molecule has 146 valence electrons. The van der Waals surface area contributed by atoms with Crippen molar-refractivity contribution in [1.29, 1.82) is 0 Å². The van der Waals surface area contributed by atoms with E-state index < -0.39 is 28.8 Å². The first-order chi connectivity index (χ1) is 13.3. The molecule has 0 amide bonds. The molecule has 1 aromatic heterocycles. The van der Waals surface area contributed by atoms with Gasteiger partial charge in [0.25, 0.3) is 0 Å². The van der Waals surface area contributed by atoms with Gasteiger partial charge in [-0.05, 0) is 44.4 Å². The number of hydrogen-bond donors (Lipinski definition) is 1. The van der Waals surface area contributed by atoms with E-state index in [2.05, 4.69) is 4.98 Å². The summed E-state index contributed by atoms with van der Waals surface area (Å²) in [5.41, 5.74) is -0.482. The van der Waals surface area contributed by atoms with Crippen LogP contribution in [0.2, 0.25) is 0 Å².